The fourth-order valence-corrected chi connectivity index (χ4v) is 0.810. The Kier molecular flexibility index (Phi) is 4.34. The number of rotatable bonds is 0. The smallest absolute Gasteiger partial charge is 0.139 e. The van der Waals surface area contributed by atoms with Crippen molar-refractivity contribution < 1.29 is 5.11 Å². The molecule has 0 aliphatic carbocycles. The van der Waals surface area contributed by atoms with E-state index in [-0.39, 0.29) is 0 Å². The molecule has 0 aliphatic rings. The van der Waals surface area contributed by atoms with E-state index in [1.807, 2.05) is 27.7 Å². The highest BCUT2D eigenvalue weighted by molar-refractivity contribution is 5.38. The summed E-state index contributed by atoms with van der Waals surface area (Å²) in [6.07, 6.45) is 1.77. The van der Waals surface area contributed by atoms with Crippen LogP contribution in [0, 0.1) is 20.8 Å². The fourth-order valence-electron chi connectivity index (χ4n) is 0.810. The predicted octanol–water partition coefficient (Wildman–Crippen LogP) is 2.74. The van der Waals surface area contributed by atoms with Gasteiger partial charge >= 0.3 is 0 Å². The molecule has 0 aliphatic heterocycles. The van der Waals surface area contributed by atoms with Crippen molar-refractivity contribution in [3.63, 3.8) is 0 Å². The van der Waals surface area contributed by atoms with Gasteiger partial charge in [-0.05, 0) is 31.9 Å². The molecule has 2 nitrogen and oxygen atoms in total. The maximum atomic E-state index is 9.32. The van der Waals surface area contributed by atoms with E-state index in [1.165, 1.54) is 0 Å². The third-order valence-corrected chi connectivity index (χ3v) is 1.74. The molecule has 0 bridgehead atoms. The van der Waals surface area contributed by atoms with E-state index in [1.54, 1.807) is 13.1 Å². The first-order valence-electron chi connectivity index (χ1n) is 4.24. The molecule has 1 aromatic heterocycles. The molecule has 1 aromatic rings. The van der Waals surface area contributed by atoms with Gasteiger partial charge in [0.2, 0.25) is 0 Å². The van der Waals surface area contributed by atoms with E-state index in [0.29, 0.717) is 11.4 Å². The molecular weight excluding hydrogens is 150 g/mol. The molecule has 0 spiro atoms. The first kappa shape index (κ1) is 11.0. The molecule has 1 N–H and O–H groups in total. The van der Waals surface area contributed by atoms with Crippen LogP contribution in [-0.4, -0.2) is 10.1 Å². The Balaban J connectivity index is 0.000000561. The first-order valence-corrected chi connectivity index (χ1v) is 4.24. The van der Waals surface area contributed by atoms with Crippen molar-refractivity contribution in [1.82, 2.24) is 4.98 Å². The van der Waals surface area contributed by atoms with Gasteiger partial charge in [0, 0.05) is 6.20 Å². The van der Waals surface area contributed by atoms with Crippen molar-refractivity contribution in [2.75, 3.05) is 0 Å². The van der Waals surface area contributed by atoms with Crippen molar-refractivity contribution in [2.24, 2.45) is 0 Å². The second-order valence-corrected chi connectivity index (χ2v) is 2.50. The molecule has 0 saturated carbocycles. The summed E-state index contributed by atoms with van der Waals surface area (Å²) in [5, 5.41) is 9.32. The van der Waals surface area contributed by atoms with Gasteiger partial charge in [0.15, 0.2) is 0 Å². The minimum Gasteiger partial charge on any atom is -0.506 e. The quantitative estimate of drug-likeness (QED) is 0.644. The van der Waals surface area contributed by atoms with Crippen molar-refractivity contribution >= 4 is 0 Å². The Morgan fingerprint density at radius 3 is 2.08 bits per heavy atom. The molecule has 1 rings (SSSR count). The van der Waals surface area contributed by atoms with Crippen molar-refractivity contribution in [3.05, 3.63) is 23.0 Å². The summed E-state index contributed by atoms with van der Waals surface area (Å²) < 4.78 is 0. The summed E-state index contributed by atoms with van der Waals surface area (Å²) in [5.41, 5.74) is 2.65. The van der Waals surface area contributed by atoms with Gasteiger partial charge in [-0.2, -0.15) is 0 Å². The van der Waals surface area contributed by atoms with Gasteiger partial charge in [-0.1, -0.05) is 13.8 Å². The number of aromatic nitrogens is 1. The van der Waals surface area contributed by atoms with Crippen LogP contribution in [0.3, 0.4) is 0 Å². The highest BCUT2D eigenvalue weighted by Crippen LogP contribution is 2.20. The zero-order valence-electron chi connectivity index (χ0n) is 8.47. The number of nitrogens with zero attached hydrogens (tertiary/aromatic N) is 1. The summed E-state index contributed by atoms with van der Waals surface area (Å²) in [6, 6.07) is 0. The maximum Gasteiger partial charge on any atom is 0.139 e. The average molecular weight is 167 g/mol. The molecule has 0 aromatic carbocycles. The molecule has 68 valence electrons. The lowest BCUT2D eigenvalue weighted by atomic mass is 10.1. The van der Waals surface area contributed by atoms with Gasteiger partial charge in [-0.15, -0.1) is 0 Å². The lowest BCUT2D eigenvalue weighted by Crippen LogP contribution is -1.88. The summed E-state index contributed by atoms with van der Waals surface area (Å²) >= 11 is 0. The van der Waals surface area contributed by atoms with Crippen LogP contribution in [0.15, 0.2) is 6.20 Å². The van der Waals surface area contributed by atoms with E-state index in [4.69, 9.17) is 0 Å². The Morgan fingerprint density at radius 2 is 1.67 bits per heavy atom. The largest absolute Gasteiger partial charge is 0.506 e. The number of hydrogen-bond acceptors (Lipinski definition) is 2. The van der Waals surface area contributed by atoms with Crippen LogP contribution in [0.1, 0.15) is 30.7 Å². The second-order valence-electron chi connectivity index (χ2n) is 2.50. The van der Waals surface area contributed by atoms with Gasteiger partial charge < -0.3 is 5.11 Å². The van der Waals surface area contributed by atoms with E-state index in [2.05, 4.69) is 4.98 Å². The third kappa shape index (κ3) is 2.22. The van der Waals surface area contributed by atoms with E-state index in [9.17, 15) is 5.11 Å². The summed E-state index contributed by atoms with van der Waals surface area (Å²) in [7, 11) is 0. The fraction of sp³-hybridized carbons (Fsp3) is 0.500. The van der Waals surface area contributed by atoms with Gasteiger partial charge in [-0.25, -0.2) is 0 Å². The predicted molar refractivity (Wildman–Crippen MR) is 51.5 cm³/mol. The SMILES string of the molecule is CC.Cc1cnc(C)c(O)c1C. The number of pyridine rings is 1. The number of hydrogen-bond donors (Lipinski definition) is 1. The molecule has 12 heavy (non-hydrogen) atoms. The van der Waals surface area contributed by atoms with E-state index in [0.717, 1.165) is 11.1 Å². The normalized spacial score (nSPS) is 8.75. The first-order chi connectivity index (χ1) is 5.63. The number of aryl methyl sites for hydroxylation is 2. The zero-order valence-corrected chi connectivity index (χ0v) is 8.47. The highest BCUT2D eigenvalue weighted by atomic mass is 16.3. The summed E-state index contributed by atoms with van der Waals surface area (Å²) in [5.74, 6) is 0.319. The molecule has 0 radical (unpaired) electrons. The zero-order chi connectivity index (χ0) is 9.72. The van der Waals surface area contributed by atoms with E-state index < -0.39 is 0 Å². The minimum absolute atomic E-state index is 0.319. The summed E-state index contributed by atoms with van der Waals surface area (Å²) in [4.78, 5) is 3.99. The average Bonchev–Trinajstić information content (AvgIpc) is 2.12. The molecule has 0 saturated heterocycles. The topological polar surface area (TPSA) is 33.1 Å². The van der Waals surface area contributed by atoms with Crippen molar-refractivity contribution in [1.29, 1.82) is 0 Å². The van der Waals surface area contributed by atoms with Crippen LogP contribution < -0.4 is 0 Å². The molecule has 1 heterocycles. The van der Waals surface area contributed by atoms with Crippen LogP contribution in [0.2, 0.25) is 0 Å². The molecule has 0 unspecified atom stereocenters. The Bertz CT molecular complexity index is 229. The molecule has 0 atom stereocenters. The number of aromatic hydroxyl groups is 1. The van der Waals surface area contributed by atoms with Crippen LogP contribution in [0.5, 0.6) is 5.75 Å². The van der Waals surface area contributed by atoms with Crippen molar-refractivity contribution in [3.8, 4) is 5.75 Å². The molecular formula is C10H17NO. The standard InChI is InChI=1S/C8H11NO.C2H6/c1-5-4-9-7(3)8(10)6(5)2;1-2/h4,10H,1-3H3;1-2H3. The second kappa shape index (κ2) is 4.75. The van der Waals surface area contributed by atoms with Gasteiger partial charge in [0.25, 0.3) is 0 Å². The molecule has 2 heteroatoms. The van der Waals surface area contributed by atoms with E-state index >= 15 is 0 Å². The molecule has 0 amide bonds. The molecule has 0 fully saturated rings. The van der Waals surface area contributed by atoms with Gasteiger partial charge in [-0.3, -0.25) is 4.98 Å². The van der Waals surface area contributed by atoms with Crippen molar-refractivity contribution in [2.45, 2.75) is 34.6 Å². The summed E-state index contributed by atoms with van der Waals surface area (Å²) in [6.45, 7) is 9.61. The van der Waals surface area contributed by atoms with Crippen LogP contribution in [0.25, 0.3) is 0 Å². The lowest BCUT2D eigenvalue weighted by molar-refractivity contribution is 0.462. The van der Waals surface area contributed by atoms with Crippen LogP contribution >= 0.6 is 0 Å². The Hall–Kier alpha value is -1.05. The third-order valence-electron chi connectivity index (χ3n) is 1.74. The Labute approximate surface area is 74.3 Å². The minimum atomic E-state index is 0.319. The van der Waals surface area contributed by atoms with Crippen LogP contribution in [0.4, 0.5) is 0 Å². The highest BCUT2D eigenvalue weighted by Gasteiger charge is 2.02. The Morgan fingerprint density at radius 1 is 1.17 bits per heavy atom. The van der Waals surface area contributed by atoms with Crippen LogP contribution in [-0.2, 0) is 0 Å². The van der Waals surface area contributed by atoms with Gasteiger partial charge in [0.1, 0.15) is 5.75 Å². The maximum absolute atomic E-state index is 9.32. The van der Waals surface area contributed by atoms with Gasteiger partial charge in [0.05, 0.1) is 5.69 Å². The monoisotopic (exact) mass is 167 g/mol. The lowest BCUT2D eigenvalue weighted by Gasteiger charge is -2.03.